The minimum absolute atomic E-state index is 0.754. The van der Waals surface area contributed by atoms with Crippen molar-refractivity contribution >= 4 is 21.8 Å². The molecule has 0 amide bonds. The predicted molar refractivity (Wildman–Crippen MR) is 114 cm³/mol. The van der Waals surface area contributed by atoms with Gasteiger partial charge in [-0.3, -0.25) is 9.80 Å². The van der Waals surface area contributed by atoms with Crippen LogP contribution in [0.1, 0.15) is 12.8 Å². The molecular formula is C23H29N3O2. The lowest BCUT2D eigenvalue weighted by Crippen LogP contribution is -2.39. The molecule has 3 aromatic rings. The number of aryl methyl sites for hydroxylation is 1. The number of aromatic nitrogens is 1. The van der Waals surface area contributed by atoms with E-state index >= 15 is 0 Å². The standard InChI is InChI=1S/C23H29N3O2/c1-24-22-16-18(27-14-12-25-8-2-9-25)4-6-20(22)21-7-5-19(17-23(21)24)28-15-13-26-10-3-11-26/h4-7,16-17H,2-3,8-15H2,1H3. The van der Waals surface area contributed by atoms with E-state index in [2.05, 4.69) is 57.8 Å². The molecule has 2 fully saturated rings. The third-order valence-corrected chi connectivity index (χ3v) is 6.20. The second kappa shape index (κ2) is 7.64. The Labute approximate surface area is 166 Å². The monoisotopic (exact) mass is 379 g/mol. The number of hydrogen-bond acceptors (Lipinski definition) is 4. The van der Waals surface area contributed by atoms with Crippen molar-refractivity contribution in [2.75, 3.05) is 52.5 Å². The van der Waals surface area contributed by atoms with Crippen molar-refractivity contribution in [1.29, 1.82) is 0 Å². The van der Waals surface area contributed by atoms with Gasteiger partial charge in [-0.15, -0.1) is 0 Å². The number of rotatable bonds is 8. The molecule has 5 heteroatoms. The number of fused-ring (bicyclic) bond motifs is 3. The van der Waals surface area contributed by atoms with Crippen LogP contribution in [-0.2, 0) is 7.05 Å². The molecule has 3 heterocycles. The lowest BCUT2D eigenvalue weighted by Gasteiger charge is -2.30. The molecule has 0 spiro atoms. The molecule has 5 rings (SSSR count). The van der Waals surface area contributed by atoms with E-state index in [-0.39, 0.29) is 0 Å². The highest BCUT2D eigenvalue weighted by Gasteiger charge is 2.15. The van der Waals surface area contributed by atoms with Gasteiger partial charge < -0.3 is 14.0 Å². The molecule has 0 bridgehead atoms. The number of nitrogens with zero attached hydrogens (tertiary/aromatic N) is 3. The fraction of sp³-hybridized carbons (Fsp3) is 0.478. The van der Waals surface area contributed by atoms with E-state index in [1.54, 1.807) is 0 Å². The quantitative estimate of drug-likeness (QED) is 0.599. The van der Waals surface area contributed by atoms with Gasteiger partial charge in [-0.1, -0.05) is 0 Å². The minimum Gasteiger partial charge on any atom is -0.492 e. The van der Waals surface area contributed by atoms with Crippen LogP contribution >= 0.6 is 0 Å². The van der Waals surface area contributed by atoms with Gasteiger partial charge in [0.05, 0.1) is 11.0 Å². The van der Waals surface area contributed by atoms with Gasteiger partial charge in [-0.25, -0.2) is 0 Å². The SMILES string of the molecule is Cn1c2cc(OCCN3CCC3)ccc2c2ccc(OCCN3CCC3)cc21. The lowest BCUT2D eigenvalue weighted by molar-refractivity contribution is 0.147. The summed E-state index contributed by atoms with van der Waals surface area (Å²) in [4.78, 5) is 4.86. The molecule has 0 radical (unpaired) electrons. The summed E-state index contributed by atoms with van der Waals surface area (Å²) in [5.74, 6) is 1.90. The predicted octanol–water partition coefficient (Wildman–Crippen LogP) is 3.50. The highest BCUT2D eigenvalue weighted by molar-refractivity contribution is 6.08. The Morgan fingerprint density at radius 2 is 1.18 bits per heavy atom. The van der Waals surface area contributed by atoms with Gasteiger partial charge >= 0.3 is 0 Å². The number of hydrogen-bond donors (Lipinski definition) is 0. The Bertz CT molecular complexity index is 896. The van der Waals surface area contributed by atoms with Crippen molar-refractivity contribution in [2.45, 2.75) is 12.8 Å². The highest BCUT2D eigenvalue weighted by atomic mass is 16.5. The first-order valence-electron chi connectivity index (χ1n) is 10.5. The molecule has 2 aromatic carbocycles. The van der Waals surface area contributed by atoms with Gasteiger partial charge in [0.25, 0.3) is 0 Å². The number of likely N-dealkylation sites (tertiary alicyclic amines) is 2. The summed E-state index contributed by atoms with van der Waals surface area (Å²) in [7, 11) is 2.12. The molecule has 0 atom stereocenters. The van der Waals surface area contributed by atoms with E-state index in [0.29, 0.717) is 0 Å². The number of ether oxygens (including phenoxy) is 2. The maximum atomic E-state index is 6.00. The molecule has 0 unspecified atom stereocenters. The van der Waals surface area contributed by atoms with Crippen LogP contribution in [0.3, 0.4) is 0 Å². The van der Waals surface area contributed by atoms with Gasteiger partial charge in [0.1, 0.15) is 24.7 Å². The summed E-state index contributed by atoms with van der Waals surface area (Å²) in [6, 6.07) is 12.9. The molecule has 2 saturated heterocycles. The molecule has 2 aliphatic heterocycles. The zero-order valence-electron chi connectivity index (χ0n) is 16.7. The maximum Gasteiger partial charge on any atom is 0.121 e. The van der Waals surface area contributed by atoms with Crippen molar-refractivity contribution in [3.8, 4) is 11.5 Å². The van der Waals surface area contributed by atoms with Crippen LogP contribution in [0.25, 0.3) is 21.8 Å². The molecule has 148 valence electrons. The largest absolute Gasteiger partial charge is 0.492 e. The van der Waals surface area contributed by atoms with Crippen LogP contribution in [0.4, 0.5) is 0 Å². The molecule has 5 nitrogen and oxygen atoms in total. The van der Waals surface area contributed by atoms with Crippen molar-refractivity contribution < 1.29 is 9.47 Å². The molecular weight excluding hydrogens is 350 g/mol. The van der Waals surface area contributed by atoms with Crippen LogP contribution in [0.5, 0.6) is 11.5 Å². The zero-order chi connectivity index (χ0) is 18.9. The van der Waals surface area contributed by atoms with Gasteiger partial charge in [-0.2, -0.15) is 0 Å². The van der Waals surface area contributed by atoms with Crippen LogP contribution in [0.15, 0.2) is 36.4 Å². The number of benzene rings is 2. The summed E-state index contributed by atoms with van der Waals surface area (Å²) in [6.45, 7) is 8.41. The molecule has 28 heavy (non-hydrogen) atoms. The van der Waals surface area contributed by atoms with E-state index in [0.717, 1.165) is 37.8 Å². The Morgan fingerprint density at radius 1 is 0.714 bits per heavy atom. The summed E-state index contributed by atoms with van der Waals surface area (Å²) in [6.07, 6.45) is 2.65. The summed E-state index contributed by atoms with van der Waals surface area (Å²) in [5.41, 5.74) is 2.41. The second-order valence-corrected chi connectivity index (χ2v) is 8.00. The fourth-order valence-electron chi connectivity index (χ4n) is 4.14. The first-order chi connectivity index (χ1) is 13.8. The lowest BCUT2D eigenvalue weighted by atomic mass is 10.1. The van der Waals surface area contributed by atoms with Crippen LogP contribution in [0, 0.1) is 0 Å². The Kier molecular flexibility index (Phi) is 4.87. The van der Waals surface area contributed by atoms with E-state index in [4.69, 9.17) is 9.47 Å². The Balaban J connectivity index is 1.32. The third kappa shape index (κ3) is 3.45. The first kappa shape index (κ1) is 17.8. The van der Waals surface area contributed by atoms with Gasteiger partial charge in [0.15, 0.2) is 0 Å². The average molecular weight is 380 g/mol. The molecule has 0 aliphatic carbocycles. The van der Waals surface area contributed by atoms with Crippen molar-refractivity contribution in [2.24, 2.45) is 7.05 Å². The van der Waals surface area contributed by atoms with E-state index < -0.39 is 0 Å². The highest BCUT2D eigenvalue weighted by Crippen LogP contribution is 2.33. The normalized spacial score (nSPS) is 17.6. The van der Waals surface area contributed by atoms with Crippen molar-refractivity contribution in [1.82, 2.24) is 14.4 Å². The Morgan fingerprint density at radius 3 is 1.57 bits per heavy atom. The first-order valence-corrected chi connectivity index (χ1v) is 10.5. The van der Waals surface area contributed by atoms with E-state index in [1.165, 1.54) is 60.8 Å². The van der Waals surface area contributed by atoms with Gasteiger partial charge in [0, 0.05) is 43.0 Å². The summed E-state index contributed by atoms with van der Waals surface area (Å²) < 4.78 is 14.3. The van der Waals surface area contributed by atoms with E-state index in [9.17, 15) is 0 Å². The molecule has 0 N–H and O–H groups in total. The van der Waals surface area contributed by atoms with E-state index in [1.807, 2.05) is 0 Å². The third-order valence-electron chi connectivity index (χ3n) is 6.20. The summed E-state index contributed by atoms with van der Waals surface area (Å²) >= 11 is 0. The second-order valence-electron chi connectivity index (χ2n) is 8.00. The topological polar surface area (TPSA) is 29.9 Å². The molecule has 1 aromatic heterocycles. The maximum absolute atomic E-state index is 6.00. The fourth-order valence-corrected chi connectivity index (χ4v) is 4.14. The van der Waals surface area contributed by atoms with Gasteiger partial charge in [-0.05, 0) is 63.3 Å². The smallest absolute Gasteiger partial charge is 0.121 e. The molecule has 2 aliphatic rings. The minimum atomic E-state index is 0.754. The van der Waals surface area contributed by atoms with Crippen molar-refractivity contribution in [3.63, 3.8) is 0 Å². The summed E-state index contributed by atoms with van der Waals surface area (Å²) in [5, 5.41) is 2.53. The average Bonchev–Trinajstić information content (AvgIpc) is 2.91. The Hall–Kier alpha value is -2.24. The molecule has 0 saturated carbocycles. The van der Waals surface area contributed by atoms with Gasteiger partial charge in [0.2, 0.25) is 0 Å². The van der Waals surface area contributed by atoms with Crippen LogP contribution < -0.4 is 9.47 Å². The van der Waals surface area contributed by atoms with Crippen molar-refractivity contribution in [3.05, 3.63) is 36.4 Å². The zero-order valence-corrected chi connectivity index (χ0v) is 16.7. The van der Waals surface area contributed by atoms with Crippen LogP contribution in [-0.4, -0.2) is 66.8 Å². The van der Waals surface area contributed by atoms with Crippen LogP contribution in [0.2, 0.25) is 0 Å².